The van der Waals surface area contributed by atoms with Crippen LogP contribution < -0.4 is 23.8 Å². The topological polar surface area (TPSA) is 114 Å². The molecule has 0 saturated carbocycles. The van der Waals surface area contributed by atoms with Crippen LogP contribution >= 0.6 is 0 Å². The van der Waals surface area contributed by atoms with Gasteiger partial charge >= 0.3 is 0 Å². The Balaban J connectivity index is 2.10. The number of carbonyl (C=O) groups excluding carboxylic acids is 2. The number of ether oxygens (including phenoxy) is 3. The number of rotatable bonds is 13. The maximum absolute atomic E-state index is 14.3. The first kappa shape index (κ1) is 34.2. The second-order valence-corrected chi connectivity index (χ2v) is 13.3. The molecule has 0 heterocycles. The van der Waals surface area contributed by atoms with Crippen molar-refractivity contribution in [2.24, 2.45) is 0 Å². The number of hydrogen-bond acceptors (Lipinski definition) is 7. The van der Waals surface area contributed by atoms with Crippen LogP contribution in [0.3, 0.4) is 0 Å². The van der Waals surface area contributed by atoms with Gasteiger partial charge in [-0.15, -0.1) is 0 Å². The fourth-order valence-electron chi connectivity index (χ4n) is 4.64. The van der Waals surface area contributed by atoms with Crippen LogP contribution in [0.4, 0.5) is 5.69 Å². The summed E-state index contributed by atoms with van der Waals surface area (Å²) in [5.74, 6) is 0.379. The molecule has 0 fully saturated rings. The van der Waals surface area contributed by atoms with Crippen molar-refractivity contribution >= 4 is 27.5 Å². The summed E-state index contributed by atoms with van der Waals surface area (Å²) >= 11 is 0. The highest BCUT2D eigenvalue weighted by atomic mass is 32.2. The van der Waals surface area contributed by atoms with E-state index >= 15 is 0 Å². The first-order valence-corrected chi connectivity index (χ1v) is 15.7. The number of benzene rings is 3. The zero-order valence-electron chi connectivity index (χ0n) is 26.7. The summed E-state index contributed by atoms with van der Waals surface area (Å²) in [5.41, 5.74) is 1.44. The van der Waals surface area contributed by atoms with Gasteiger partial charge in [-0.25, -0.2) is 8.42 Å². The summed E-state index contributed by atoms with van der Waals surface area (Å²) in [6.45, 7) is 8.83. The lowest BCUT2D eigenvalue weighted by molar-refractivity contribution is -0.141. The van der Waals surface area contributed by atoms with Crippen molar-refractivity contribution in [1.82, 2.24) is 10.2 Å². The molecular formula is C33H43N3O7S. The van der Waals surface area contributed by atoms with E-state index in [9.17, 15) is 18.0 Å². The lowest BCUT2D eigenvalue weighted by Gasteiger charge is -2.34. The van der Waals surface area contributed by atoms with Crippen LogP contribution in [0.2, 0.25) is 0 Å². The molecule has 10 nitrogen and oxygen atoms in total. The van der Waals surface area contributed by atoms with Crippen LogP contribution in [0.1, 0.15) is 45.2 Å². The van der Waals surface area contributed by atoms with Crippen LogP contribution in [-0.4, -0.2) is 64.6 Å². The van der Waals surface area contributed by atoms with Gasteiger partial charge in [0.25, 0.3) is 10.0 Å². The highest BCUT2D eigenvalue weighted by molar-refractivity contribution is 7.92. The Kier molecular flexibility index (Phi) is 11.3. The Labute approximate surface area is 261 Å². The molecule has 0 bridgehead atoms. The van der Waals surface area contributed by atoms with Gasteiger partial charge in [-0.05, 0) is 76.1 Å². The fraction of sp³-hybridized carbons (Fsp3) is 0.394. The first-order chi connectivity index (χ1) is 20.7. The number of hydrogen-bond donors (Lipinski definition) is 1. The summed E-state index contributed by atoms with van der Waals surface area (Å²) in [6, 6.07) is 17.4. The van der Waals surface area contributed by atoms with Gasteiger partial charge in [0.05, 0.1) is 31.9 Å². The van der Waals surface area contributed by atoms with E-state index in [1.54, 1.807) is 43.5 Å². The minimum atomic E-state index is -4.28. The van der Waals surface area contributed by atoms with Crippen LogP contribution in [0.15, 0.2) is 71.6 Å². The van der Waals surface area contributed by atoms with E-state index in [1.165, 1.54) is 37.3 Å². The van der Waals surface area contributed by atoms with Gasteiger partial charge in [0.2, 0.25) is 11.8 Å². The number of methoxy groups -OCH3 is 3. The van der Waals surface area contributed by atoms with Crippen LogP contribution in [0, 0.1) is 6.92 Å². The molecule has 44 heavy (non-hydrogen) atoms. The maximum atomic E-state index is 14.3. The zero-order valence-corrected chi connectivity index (χ0v) is 27.5. The largest absolute Gasteiger partial charge is 0.497 e. The molecule has 1 atom stereocenters. The molecule has 0 spiro atoms. The summed E-state index contributed by atoms with van der Waals surface area (Å²) in [7, 11) is 0.155. The first-order valence-electron chi connectivity index (χ1n) is 14.3. The molecule has 238 valence electrons. The van der Waals surface area contributed by atoms with Crippen molar-refractivity contribution in [2.45, 2.75) is 64.1 Å². The minimum Gasteiger partial charge on any atom is -0.497 e. The number of anilines is 1. The van der Waals surface area contributed by atoms with E-state index in [1.807, 2.05) is 46.8 Å². The highest BCUT2D eigenvalue weighted by Gasteiger charge is 2.35. The van der Waals surface area contributed by atoms with Gasteiger partial charge in [0.1, 0.15) is 18.3 Å². The van der Waals surface area contributed by atoms with E-state index < -0.39 is 34.1 Å². The molecule has 3 aromatic carbocycles. The van der Waals surface area contributed by atoms with Crippen molar-refractivity contribution in [2.75, 3.05) is 32.2 Å². The normalized spacial score (nSPS) is 12.2. The monoisotopic (exact) mass is 625 g/mol. The summed E-state index contributed by atoms with van der Waals surface area (Å²) in [4.78, 5) is 29.1. The van der Waals surface area contributed by atoms with Gasteiger partial charge in [-0.1, -0.05) is 36.8 Å². The predicted octanol–water partition coefficient (Wildman–Crippen LogP) is 4.94. The summed E-state index contributed by atoms with van der Waals surface area (Å²) in [6.07, 6.45) is 0.316. The fourth-order valence-corrected chi connectivity index (χ4v) is 6.07. The molecule has 0 aromatic heterocycles. The molecule has 2 amide bonds. The molecule has 0 aliphatic carbocycles. The van der Waals surface area contributed by atoms with E-state index in [4.69, 9.17) is 14.2 Å². The molecule has 0 unspecified atom stereocenters. The molecule has 0 radical (unpaired) electrons. The van der Waals surface area contributed by atoms with Crippen molar-refractivity contribution in [1.29, 1.82) is 0 Å². The number of carbonyl (C=O) groups is 2. The average molecular weight is 626 g/mol. The number of amides is 2. The van der Waals surface area contributed by atoms with Gasteiger partial charge in [-0.3, -0.25) is 13.9 Å². The van der Waals surface area contributed by atoms with E-state index in [2.05, 4.69) is 5.32 Å². The highest BCUT2D eigenvalue weighted by Crippen LogP contribution is 2.32. The van der Waals surface area contributed by atoms with Crippen LogP contribution in [-0.2, 0) is 26.2 Å². The molecule has 0 aliphatic heterocycles. The molecule has 0 aliphatic rings. The van der Waals surface area contributed by atoms with Gasteiger partial charge in [0, 0.05) is 18.2 Å². The number of aryl methyl sites for hydroxylation is 1. The molecular weight excluding hydrogens is 582 g/mol. The van der Waals surface area contributed by atoms with Crippen molar-refractivity contribution in [3.05, 3.63) is 77.9 Å². The van der Waals surface area contributed by atoms with Crippen LogP contribution in [0.5, 0.6) is 17.2 Å². The Hall–Kier alpha value is -4.25. The van der Waals surface area contributed by atoms with E-state index in [0.717, 1.165) is 15.4 Å². The second kappa shape index (κ2) is 14.5. The smallest absolute Gasteiger partial charge is 0.264 e. The zero-order chi connectivity index (χ0) is 32.7. The Morgan fingerprint density at radius 2 is 1.48 bits per heavy atom. The average Bonchev–Trinajstić information content (AvgIpc) is 2.99. The van der Waals surface area contributed by atoms with Gasteiger partial charge in [-0.2, -0.15) is 0 Å². The van der Waals surface area contributed by atoms with Gasteiger partial charge in [0.15, 0.2) is 11.5 Å². The summed E-state index contributed by atoms with van der Waals surface area (Å²) < 4.78 is 45.4. The Bertz CT molecular complexity index is 1530. The number of nitrogens with one attached hydrogen (secondary N) is 1. The van der Waals surface area contributed by atoms with E-state index in [-0.39, 0.29) is 23.1 Å². The SMILES string of the molecule is CC[C@@H](C(=O)NC(C)(C)C)N(Cc1ccc(OC)cc1)C(=O)CN(c1ccc(C)cc1)S(=O)(=O)c1ccc(OC)c(OC)c1. The number of sulfonamides is 1. The lowest BCUT2D eigenvalue weighted by Crippen LogP contribution is -2.55. The van der Waals surface area contributed by atoms with E-state index in [0.29, 0.717) is 23.6 Å². The van der Waals surface area contributed by atoms with Crippen LogP contribution in [0.25, 0.3) is 0 Å². The predicted molar refractivity (Wildman–Crippen MR) is 171 cm³/mol. The lowest BCUT2D eigenvalue weighted by atomic mass is 10.1. The third-order valence-corrected chi connectivity index (χ3v) is 8.71. The molecule has 11 heteroatoms. The maximum Gasteiger partial charge on any atom is 0.264 e. The van der Waals surface area contributed by atoms with Crippen molar-refractivity contribution in [3.63, 3.8) is 0 Å². The summed E-state index contributed by atoms with van der Waals surface area (Å²) in [5, 5.41) is 2.97. The third kappa shape index (κ3) is 8.43. The van der Waals surface area contributed by atoms with Gasteiger partial charge < -0.3 is 24.4 Å². The minimum absolute atomic E-state index is 0.0804. The third-order valence-electron chi connectivity index (χ3n) is 6.94. The standard InChI is InChI=1S/C33H43N3O7S/c1-9-28(32(38)34-33(3,4)5)35(21-24-12-16-26(41-6)17-13-24)31(37)22-36(25-14-10-23(2)11-15-25)44(39,40)27-18-19-29(42-7)30(20-27)43-8/h10-20,28H,9,21-22H2,1-8H3,(H,34,38)/t28-/m0/s1. The quantitative estimate of drug-likeness (QED) is 0.286. The molecule has 3 rings (SSSR count). The molecule has 0 saturated heterocycles. The van der Waals surface area contributed by atoms with Crippen molar-refractivity contribution < 1.29 is 32.2 Å². The van der Waals surface area contributed by atoms with Crippen molar-refractivity contribution in [3.8, 4) is 17.2 Å². The second-order valence-electron chi connectivity index (χ2n) is 11.4. The Morgan fingerprint density at radius 1 is 0.864 bits per heavy atom. The molecule has 3 aromatic rings. The molecule has 1 N–H and O–H groups in total. The Morgan fingerprint density at radius 3 is 2.00 bits per heavy atom. The number of nitrogens with zero attached hydrogens (tertiary/aromatic N) is 2.